The zero-order chi connectivity index (χ0) is 13.1. The van der Waals surface area contributed by atoms with Crippen molar-refractivity contribution in [1.29, 1.82) is 0 Å². The first-order valence-corrected chi connectivity index (χ1v) is 7.20. The van der Waals surface area contributed by atoms with E-state index in [0.29, 0.717) is 12.0 Å². The summed E-state index contributed by atoms with van der Waals surface area (Å²) >= 11 is 3.52. The summed E-state index contributed by atoms with van der Waals surface area (Å²) in [6.07, 6.45) is 1.08. The summed E-state index contributed by atoms with van der Waals surface area (Å²) in [7, 11) is 1.72. The lowest BCUT2D eigenvalue weighted by molar-refractivity contribution is 0.156. The monoisotopic (exact) mass is 312 g/mol. The van der Waals surface area contributed by atoms with E-state index in [1.807, 2.05) is 12.1 Å². The van der Waals surface area contributed by atoms with E-state index in [1.54, 1.807) is 7.11 Å². The van der Waals surface area contributed by atoms with Crippen LogP contribution in [0.2, 0.25) is 0 Å². The molecule has 3 nitrogen and oxygen atoms in total. The number of hydrogen-bond donors (Lipinski definition) is 1. The summed E-state index contributed by atoms with van der Waals surface area (Å²) in [6.45, 7) is 5.30. The number of ether oxygens (including phenoxy) is 1. The molecule has 1 aromatic carbocycles. The number of halogens is 1. The van der Waals surface area contributed by atoms with Gasteiger partial charge in [0.25, 0.3) is 0 Å². The Hall–Kier alpha value is -0.580. The van der Waals surface area contributed by atoms with Gasteiger partial charge in [0.15, 0.2) is 0 Å². The van der Waals surface area contributed by atoms with Gasteiger partial charge >= 0.3 is 0 Å². The Labute approximate surface area is 117 Å². The Kier molecular flexibility index (Phi) is 4.65. The molecule has 0 amide bonds. The average Bonchev–Trinajstić information content (AvgIpc) is 2.34. The van der Waals surface area contributed by atoms with Crippen molar-refractivity contribution in [3.8, 4) is 5.75 Å². The summed E-state index contributed by atoms with van der Waals surface area (Å²) in [5.41, 5.74) is 7.29. The molecular weight excluding hydrogens is 292 g/mol. The van der Waals surface area contributed by atoms with E-state index < -0.39 is 0 Å². The molecule has 1 aliphatic heterocycles. The van der Waals surface area contributed by atoms with E-state index in [4.69, 9.17) is 10.5 Å². The molecule has 1 aromatic rings. The molecule has 18 heavy (non-hydrogen) atoms. The Morgan fingerprint density at radius 2 is 2.28 bits per heavy atom. The van der Waals surface area contributed by atoms with Gasteiger partial charge in [-0.15, -0.1) is 0 Å². The molecule has 2 rings (SSSR count). The molecule has 0 bridgehead atoms. The van der Waals surface area contributed by atoms with Gasteiger partial charge in [0.05, 0.1) is 7.11 Å². The molecule has 0 radical (unpaired) electrons. The standard InChI is InChI=1S/C14H21BrN2O/c1-10-8-17(6-5-13(10)16)9-11-7-12(15)3-4-14(11)18-2/h3-4,7,10,13H,5-6,8-9,16H2,1-2H3. The van der Waals surface area contributed by atoms with Crippen LogP contribution < -0.4 is 10.5 Å². The van der Waals surface area contributed by atoms with Gasteiger partial charge in [0.2, 0.25) is 0 Å². The van der Waals surface area contributed by atoms with Crippen LogP contribution in [0.4, 0.5) is 0 Å². The maximum absolute atomic E-state index is 6.06. The molecule has 1 aliphatic rings. The highest BCUT2D eigenvalue weighted by Gasteiger charge is 2.23. The summed E-state index contributed by atoms with van der Waals surface area (Å²) < 4.78 is 6.51. The quantitative estimate of drug-likeness (QED) is 0.932. The van der Waals surface area contributed by atoms with Crippen LogP contribution >= 0.6 is 15.9 Å². The molecule has 0 spiro atoms. The molecule has 1 fully saturated rings. The van der Waals surface area contributed by atoms with Crippen LogP contribution in [-0.4, -0.2) is 31.1 Å². The molecule has 2 unspecified atom stereocenters. The van der Waals surface area contributed by atoms with Crippen LogP contribution in [0.3, 0.4) is 0 Å². The molecule has 2 N–H and O–H groups in total. The van der Waals surface area contributed by atoms with Crippen molar-refractivity contribution < 1.29 is 4.74 Å². The maximum atomic E-state index is 6.06. The van der Waals surface area contributed by atoms with Crippen molar-refractivity contribution in [2.45, 2.75) is 25.9 Å². The van der Waals surface area contributed by atoms with E-state index in [0.717, 1.165) is 36.3 Å². The lowest BCUT2D eigenvalue weighted by Gasteiger charge is -2.35. The summed E-state index contributed by atoms with van der Waals surface area (Å²) in [6, 6.07) is 6.51. The van der Waals surface area contributed by atoms with Crippen LogP contribution in [0.15, 0.2) is 22.7 Å². The number of hydrogen-bond acceptors (Lipinski definition) is 3. The van der Waals surface area contributed by atoms with E-state index in [2.05, 4.69) is 33.8 Å². The normalized spacial score (nSPS) is 25.1. The minimum atomic E-state index is 0.352. The zero-order valence-electron chi connectivity index (χ0n) is 11.0. The van der Waals surface area contributed by atoms with Crippen LogP contribution in [0.5, 0.6) is 5.75 Å². The number of nitrogens with zero attached hydrogens (tertiary/aromatic N) is 1. The van der Waals surface area contributed by atoms with Crippen molar-refractivity contribution in [2.24, 2.45) is 11.7 Å². The first-order chi connectivity index (χ1) is 8.60. The number of methoxy groups -OCH3 is 1. The fraction of sp³-hybridized carbons (Fsp3) is 0.571. The molecule has 0 saturated carbocycles. The third-order valence-electron chi connectivity index (χ3n) is 3.69. The zero-order valence-corrected chi connectivity index (χ0v) is 12.6. The Bertz CT molecular complexity index is 411. The largest absolute Gasteiger partial charge is 0.496 e. The van der Waals surface area contributed by atoms with Gasteiger partial charge in [-0.2, -0.15) is 0 Å². The Balaban J connectivity index is 2.07. The molecule has 4 heteroatoms. The number of rotatable bonds is 3. The van der Waals surface area contributed by atoms with Gasteiger partial charge in [-0.1, -0.05) is 22.9 Å². The third kappa shape index (κ3) is 3.25. The molecule has 0 aliphatic carbocycles. The molecular formula is C14H21BrN2O. The smallest absolute Gasteiger partial charge is 0.123 e. The van der Waals surface area contributed by atoms with Crippen LogP contribution in [-0.2, 0) is 6.54 Å². The maximum Gasteiger partial charge on any atom is 0.123 e. The fourth-order valence-corrected chi connectivity index (χ4v) is 2.91. The van der Waals surface area contributed by atoms with E-state index in [1.165, 1.54) is 5.56 Å². The predicted octanol–water partition coefficient (Wildman–Crippen LogP) is 2.63. The topological polar surface area (TPSA) is 38.5 Å². The summed E-state index contributed by atoms with van der Waals surface area (Å²) in [5, 5.41) is 0. The molecule has 2 atom stereocenters. The van der Waals surface area contributed by atoms with Crippen LogP contribution in [0.25, 0.3) is 0 Å². The summed E-state index contributed by atoms with van der Waals surface area (Å²) in [5.74, 6) is 1.53. The minimum Gasteiger partial charge on any atom is -0.496 e. The van der Waals surface area contributed by atoms with E-state index >= 15 is 0 Å². The first kappa shape index (κ1) is 13.8. The van der Waals surface area contributed by atoms with Crippen molar-refractivity contribution >= 4 is 15.9 Å². The molecule has 100 valence electrons. The van der Waals surface area contributed by atoms with Crippen molar-refractivity contribution in [2.75, 3.05) is 20.2 Å². The molecule has 1 saturated heterocycles. The highest BCUT2D eigenvalue weighted by atomic mass is 79.9. The van der Waals surface area contributed by atoms with Crippen LogP contribution in [0, 0.1) is 5.92 Å². The van der Waals surface area contributed by atoms with E-state index in [-0.39, 0.29) is 0 Å². The first-order valence-electron chi connectivity index (χ1n) is 6.40. The van der Waals surface area contributed by atoms with Gasteiger partial charge in [0.1, 0.15) is 5.75 Å². The second-order valence-corrected chi connectivity index (χ2v) is 6.04. The highest BCUT2D eigenvalue weighted by molar-refractivity contribution is 9.10. The van der Waals surface area contributed by atoms with Gasteiger partial charge < -0.3 is 10.5 Å². The van der Waals surface area contributed by atoms with Crippen LogP contribution in [0.1, 0.15) is 18.9 Å². The summed E-state index contributed by atoms with van der Waals surface area (Å²) in [4.78, 5) is 2.46. The number of benzene rings is 1. The highest BCUT2D eigenvalue weighted by Crippen LogP contribution is 2.26. The Morgan fingerprint density at radius 1 is 1.50 bits per heavy atom. The van der Waals surface area contributed by atoms with Gasteiger partial charge in [-0.25, -0.2) is 0 Å². The predicted molar refractivity (Wildman–Crippen MR) is 77.7 cm³/mol. The Morgan fingerprint density at radius 3 is 2.94 bits per heavy atom. The van der Waals surface area contributed by atoms with Crippen molar-refractivity contribution in [3.63, 3.8) is 0 Å². The van der Waals surface area contributed by atoms with Gasteiger partial charge in [-0.05, 0) is 37.1 Å². The number of nitrogens with two attached hydrogens (primary N) is 1. The van der Waals surface area contributed by atoms with Crippen molar-refractivity contribution in [1.82, 2.24) is 4.90 Å². The SMILES string of the molecule is COc1ccc(Br)cc1CN1CCC(N)C(C)C1. The molecule has 0 aromatic heterocycles. The fourth-order valence-electron chi connectivity index (χ4n) is 2.51. The van der Waals surface area contributed by atoms with Gasteiger partial charge in [-0.3, -0.25) is 4.90 Å². The van der Waals surface area contributed by atoms with Gasteiger partial charge in [0, 0.05) is 29.2 Å². The average molecular weight is 313 g/mol. The second kappa shape index (κ2) is 6.04. The second-order valence-electron chi connectivity index (χ2n) is 5.12. The lowest BCUT2D eigenvalue weighted by atomic mass is 9.94. The third-order valence-corrected chi connectivity index (χ3v) is 4.19. The van der Waals surface area contributed by atoms with E-state index in [9.17, 15) is 0 Å². The number of piperidine rings is 1. The van der Waals surface area contributed by atoms with Crippen molar-refractivity contribution in [3.05, 3.63) is 28.2 Å². The number of likely N-dealkylation sites (tertiary alicyclic amines) is 1. The minimum absolute atomic E-state index is 0.352. The lowest BCUT2D eigenvalue weighted by Crippen LogP contribution is -2.45. The molecule has 1 heterocycles.